The van der Waals surface area contributed by atoms with Crippen molar-refractivity contribution in [2.45, 2.75) is 40.2 Å². The van der Waals surface area contributed by atoms with Crippen LogP contribution in [0.3, 0.4) is 0 Å². The van der Waals surface area contributed by atoms with Crippen LogP contribution in [-0.2, 0) is 13.0 Å². The second-order valence-electron chi connectivity index (χ2n) is 4.83. The fourth-order valence-corrected chi connectivity index (χ4v) is 2.06. The molecule has 2 aromatic rings. The van der Waals surface area contributed by atoms with Crippen molar-refractivity contribution in [3.05, 3.63) is 35.7 Å². The molecule has 0 atom stereocenters. The van der Waals surface area contributed by atoms with Gasteiger partial charge in [-0.3, -0.25) is 9.97 Å². The Morgan fingerprint density at radius 2 is 1.71 bits per heavy atom. The van der Waals surface area contributed by atoms with E-state index in [0.29, 0.717) is 6.54 Å². The van der Waals surface area contributed by atoms with E-state index in [-0.39, 0.29) is 0 Å². The summed E-state index contributed by atoms with van der Waals surface area (Å²) in [6.07, 6.45) is 7.12. The first-order valence-electron chi connectivity index (χ1n) is 7.33. The number of aryl methyl sites for hydroxylation is 1. The van der Waals surface area contributed by atoms with Crippen LogP contribution in [0.15, 0.2) is 18.7 Å². The summed E-state index contributed by atoms with van der Waals surface area (Å²) in [6.45, 7) is 7.59. The molecular weight excluding hydrogens is 264 g/mol. The van der Waals surface area contributed by atoms with Crippen LogP contribution < -0.4 is 10.6 Å². The smallest absolute Gasteiger partial charge is 0.135 e. The minimum absolute atomic E-state index is 0.604. The minimum atomic E-state index is 0.604. The minimum Gasteiger partial charge on any atom is -0.370 e. The molecule has 0 radical (unpaired) electrons. The van der Waals surface area contributed by atoms with Crippen molar-refractivity contribution in [2.75, 3.05) is 17.2 Å². The highest BCUT2D eigenvalue weighted by molar-refractivity contribution is 5.57. The van der Waals surface area contributed by atoms with Gasteiger partial charge in [0.05, 0.1) is 24.1 Å². The highest BCUT2D eigenvalue weighted by atomic mass is 15.1. The van der Waals surface area contributed by atoms with Gasteiger partial charge < -0.3 is 10.6 Å². The molecule has 0 fully saturated rings. The third-order valence-electron chi connectivity index (χ3n) is 3.06. The number of nitrogens with one attached hydrogen (secondary N) is 2. The van der Waals surface area contributed by atoms with E-state index in [1.165, 1.54) is 0 Å². The van der Waals surface area contributed by atoms with Crippen LogP contribution in [0.25, 0.3) is 0 Å². The van der Waals surface area contributed by atoms with Crippen LogP contribution in [0, 0.1) is 6.92 Å². The molecule has 0 saturated carbocycles. The van der Waals surface area contributed by atoms with Gasteiger partial charge in [0.1, 0.15) is 18.0 Å². The average molecular weight is 286 g/mol. The molecule has 0 amide bonds. The fraction of sp³-hybridized carbons (Fsp3) is 0.467. The van der Waals surface area contributed by atoms with Crippen LogP contribution in [-0.4, -0.2) is 26.5 Å². The molecule has 2 heterocycles. The molecule has 0 aliphatic carbocycles. The van der Waals surface area contributed by atoms with Gasteiger partial charge in [0.2, 0.25) is 0 Å². The van der Waals surface area contributed by atoms with E-state index in [1.54, 1.807) is 18.7 Å². The second-order valence-corrected chi connectivity index (χ2v) is 4.83. The maximum Gasteiger partial charge on any atom is 0.135 e. The van der Waals surface area contributed by atoms with Crippen molar-refractivity contribution in [2.24, 2.45) is 0 Å². The molecule has 0 aliphatic rings. The van der Waals surface area contributed by atoms with Crippen LogP contribution >= 0.6 is 0 Å². The second kappa shape index (κ2) is 7.52. The van der Waals surface area contributed by atoms with Gasteiger partial charge in [0.15, 0.2) is 0 Å². The molecule has 0 bridgehead atoms. The molecule has 0 unspecified atom stereocenters. The Kier molecular flexibility index (Phi) is 5.43. The van der Waals surface area contributed by atoms with E-state index in [9.17, 15) is 0 Å². The first-order chi connectivity index (χ1) is 10.2. The Hall–Kier alpha value is -2.24. The number of rotatable bonds is 7. The predicted molar refractivity (Wildman–Crippen MR) is 84.3 cm³/mol. The highest BCUT2D eigenvalue weighted by Crippen LogP contribution is 2.21. The van der Waals surface area contributed by atoms with Crippen molar-refractivity contribution >= 4 is 11.6 Å². The van der Waals surface area contributed by atoms with Crippen molar-refractivity contribution in [3.63, 3.8) is 0 Å². The first-order valence-corrected chi connectivity index (χ1v) is 7.33. The lowest BCUT2D eigenvalue weighted by Gasteiger charge is -2.14. The summed E-state index contributed by atoms with van der Waals surface area (Å²) in [4.78, 5) is 17.3. The maximum atomic E-state index is 4.36. The van der Waals surface area contributed by atoms with Crippen molar-refractivity contribution < 1.29 is 0 Å². The molecule has 0 spiro atoms. The van der Waals surface area contributed by atoms with Gasteiger partial charge in [-0.25, -0.2) is 9.97 Å². The van der Waals surface area contributed by atoms with Crippen LogP contribution in [0.5, 0.6) is 0 Å². The summed E-state index contributed by atoms with van der Waals surface area (Å²) >= 11 is 0. The van der Waals surface area contributed by atoms with Crippen LogP contribution in [0.1, 0.15) is 37.2 Å². The molecule has 6 nitrogen and oxygen atoms in total. The van der Waals surface area contributed by atoms with Gasteiger partial charge in [0, 0.05) is 18.3 Å². The van der Waals surface area contributed by atoms with Crippen molar-refractivity contribution in [1.82, 2.24) is 19.9 Å². The van der Waals surface area contributed by atoms with E-state index in [0.717, 1.165) is 48.0 Å². The van der Waals surface area contributed by atoms with Gasteiger partial charge in [0.25, 0.3) is 0 Å². The lowest BCUT2D eigenvalue weighted by molar-refractivity contribution is 0.890. The van der Waals surface area contributed by atoms with E-state index < -0.39 is 0 Å². The van der Waals surface area contributed by atoms with Gasteiger partial charge in [-0.15, -0.1) is 0 Å². The van der Waals surface area contributed by atoms with E-state index in [1.807, 2.05) is 6.92 Å². The van der Waals surface area contributed by atoms with E-state index >= 15 is 0 Å². The molecule has 0 aromatic carbocycles. The van der Waals surface area contributed by atoms with E-state index in [2.05, 4.69) is 44.4 Å². The van der Waals surface area contributed by atoms with Crippen LogP contribution in [0.2, 0.25) is 0 Å². The average Bonchev–Trinajstić information content (AvgIpc) is 2.49. The fourth-order valence-electron chi connectivity index (χ4n) is 2.06. The molecule has 112 valence electrons. The molecule has 2 aromatic heterocycles. The molecule has 21 heavy (non-hydrogen) atoms. The molecular formula is C15H22N6. The zero-order chi connectivity index (χ0) is 15.1. The number of hydrogen-bond acceptors (Lipinski definition) is 6. The highest BCUT2D eigenvalue weighted by Gasteiger charge is 2.10. The topological polar surface area (TPSA) is 75.6 Å². The Balaban J connectivity index is 2.14. The standard InChI is InChI=1S/C15H22N6/c1-4-6-13-14(16-5-2)20-10-21-15(13)19-9-12-8-17-11(3)7-18-12/h7-8,10H,4-6,9H2,1-3H3,(H2,16,19,20,21). The third-order valence-corrected chi connectivity index (χ3v) is 3.06. The lowest BCUT2D eigenvalue weighted by Crippen LogP contribution is -2.11. The zero-order valence-corrected chi connectivity index (χ0v) is 12.8. The molecule has 6 heteroatoms. The number of hydrogen-bond donors (Lipinski definition) is 2. The lowest BCUT2D eigenvalue weighted by atomic mass is 10.1. The normalized spacial score (nSPS) is 10.4. The summed E-state index contributed by atoms with van der Waals surface area (Å²) in [7, 11) is 0. The van der Waals surface area contributed by atoms with Crippen molar-refractivity contribution in [1.29, 1.82) is 0 Å². The Labute approximate surface area is 125 Å². The first kappa shape index (κ1) is 15.2. The summed E-state index contributed by atoms with van der Waals surface area (Å²) in [5.74, 6) is 1.78. The number of nitrogens with zero attached hydrogens (tertiary/aromatic N) is 4. The van der Waals surface area contributed by atoms with Gasteiger partial charge in [-0.1, -0.05) is 13.3 Å². The Bertz CT molecular complexity index is 567. The molecule has 0 saturated heterocycles. The van der Waals surface area contributed by atoms with Crippen molar-refractivity contribution in [3.8, 4) is 0 Å². The Morgan fingerprint density at radius 3 is 2.33 bits per heavy atom. The van der Waals surface area contributed by atoms with Gasteiger partial charge in [-0.2, -0.15) is 0 Å². The monoisotopic (exact) mass is 286 g/mol. The Morgan fingerprint density at radius 1 is 0.952 bits per heavy atom. The quantitative estimate of drug-likeness (QED) is 0.814. The molecule has 2 rings (SSSR count). The van der Waals surface area contributed by atoms with E-state index in [4.69, 9.17) is 0 Å². The zero-order valence-electron chi connectivity index (χ0n) is 12.8. The predicted octanol–water partition coefficient (Wildman–Crippen LogP) is 2.57. The summed E-state index contributed by atoms with van der Waals surface area (Å²) in [5, 5.41) is 6.63. The molecule has 2 N–H and O–H groups in total. The SMILES string of the molecule is CCCc1c(NCC)ncnc1NCc1cnc(C)cn1. The van der Waals surface area contributed by atoms with Gasteiger partial charge in [-0.05, 0) is 20.3 Å². The number of aromatic nitrogens is 4. The molecule has 0 aliphatic heterocycles. The van der Waals surface area contributed by atoms with Crippen LogP contribution in [0.4, 0.5) is 11.6 Å². The number of anilines is 2. The van der Waals surface area contributed by atoms with Gasteiger partial charge >= 0.3 is 0 Å². The summed E-state index contributed by atoms with van der Waals surface area (Å²) in [6, 6.07) is 0. The third kappa shape index (κ3) is 4.11. The summed E-state index contributed by atoms with van der Waals surface area (Å²) in [5.41, 5.74) is 2.94. The summed E-state index contributed by atoms with van der Waals surface area (Å²) < 4.78 is 0. The maximum absolute atomic E-state index is 4.36. The largest absolute Gasteiger partial charge is 0.370 e.